The maximum atomic E-state index is 5.76. The van der Waals surface area contributed by atoms with E-state index < -0.39 is 0 Å². The fourth-order valence-corrected chi connectivity index (χ4v) is 1.60. The van der Waals surface area contributed by atoms with Gasteiger partial charge in [0.05, 0.1) is 13.2 Å². The highest BCUT2D eigenvalue weighted by Gasteiger charge is 2.09. The van der Waals surface area contributed by atoms with Crippen LogP contribution in [-0.4, -0.2) is 31.3 Å². The summed E-state index contributed by atoms with van der Waals surface area (Å²) >= 11 is 0. The van der Waals surface area contributed by atoms with Gasteiger partial charge >= 0.3 is 0 Å². The molecule has 0 aromatic heterocycles. The van der Waals surface area contributed by atoms with E-state index in [1.165, 1.54) is 0 Å². The zero-order chi connectivity index (χ0) is 10.7. The Morgan fingerprint density at radius 2 is 2.07 bits per heavy atom. The van der Waals surface area contributed by atoms with Crippen LogP contribution in [0.4, 0.5) is 11.4 Å². The molecular formula is C11H17N3O. The van der Waals surface area contributed by atoms with Crippen LogP contribution in [0.15, 0.2) is 18.2 Å². The molecule has 1 aliphatic rings. The number of hydrogen-bond acceptors (Lipinski definition) is 4. The number of anilines is 2. The molecule has 0 spiro atoms. The van der Waals surface area contributed by atoms with Crippen LogP contribution in [0.25, 0.3) is 0 Å². The summed E-state index contributed by atoms with van der Waals surface area (Å²) in [6, 6.07) is 5.99. The smallest absolute Gasteiger partial charge is 0.0612 e. The topological polar surface area (TPSA) is 50.5 Å². The molecule has 0 radical (unpaired) electrons. The summed E-state index contributed by atoms with van der Waals surface area (Å²) < 4.78 is 5.28. The molecule has 1 aliphatic heterocycles. The van der Waals surface area contributed by atoms with Gasteiger partial charge in [0.1, 0.15) is 0 Å². The standard InChI is InChI=1S/C11H17N3O/c1-9-8-10(2-3-11(9)12)13-14-4-6-15-7-5-14/h2-3,8,13H,4-7,12H2,1H3. The molecule has 0 unspecified atom stereocenters. The summed E-state index contributed by atoms with van der Waals surface area (Å²) in [5, 5.41) is 2.16. The average molecular weight is 207 g/mol. The highest BCUT2D eigenvalue weighted by atomic mass is 16.5. The fourth-order valence-electron chi connectivity index (χ4n) is 1.60. The lowest BCUT2D eigenvalue weighted by Gasteiger charge is -2.28. The lowest BCUT2D eigenvalue weighted by molar-refractivity contribution is 0.0497. The van der Waals surface area contributed by atoms with Gasteiger partial charge in [-0.2, -0.15) is 0 Å². The first-order chi connectivity index (χ1) is 7.25. The Labute approximate surface area is 90.0 Å². The molecule has 1 aromatic carbocycles. The van der Waals surface area contributed by atoms with Crippen molar-refractivity contribution in [2.24, 2.45) is 0 Å². The number of morpholine rings is 1. The number of hydrazine groups is 1. The Kier molecular flexibility index (Phi) is 3.08. The van der Waals surface area contributed by atoms with Crippen LogP contribution >= 0.6 is 0 Å². The molecule has 0 saturated carbocycles. The number of hydrogen-bond donors (Lipinski definition) is 2. The Morgan fingerprint density at radius 3 is 2.73 bits per heavy atom. The zero-order valence-electron chi connectivity index (χ0n) is 8.99. The van der Waals surface area contributed by atoms with Crippen molar-refractivity contribution in [2.75, 3.05) is 37.5 Å². The Balaban J connectivity index is 2.00. The van der Waals surface area contributed by atoms with E-state index in [0.29, 0.717) is 0 Å². The average Bonchev–Trinajstić information content (AvgIpc) is 2.25. The third kappa shape index (κ3) is 2.61. The number of benzene rings is 1. The van der Waals surface area contributed by atoms with Crippen LogP contribution in [0.2, 0.25) is 0 Å². The minimum Gasteiger partial charge on any atom is -0.399 e. The van der Waals surface area contributed by atoms with Crippen LogP contribution in [0.5, 0.6) is 0 Å². The Bertz CT molecular complexity index is 335. The van der Waals surface area contributed by atoms with E-state index in [-0.39, 0.29) is 0 Å². The molecule has 2 rings (SSSR count). The van der Waals surface area contributed by atoms with Crippen LogP contribution < -0.4 is 11.2 Å². The first-order valence-electron chi connectivity index (χ1n) is 5.21. The molecule has 0 bridgehead atoms. The minimum absolute atomic E-state index is 0.793. The third-order valence-corrected chi connectivity index (χ3v) is 2.57. The van der Waals surface area contributed by atoms with E-state index in [1.54, 1.807) is 0 Å². The van der Waals surface area contributed by atoms with Gasteiger partial charge in [0.2, 0.25) is 0 Å². The van der Waals surface area contributed by atoms with E-state index >= 15 is 0 Å². The van der Waals surface area contributed by atoms with Gasteiger partial charge in [0.15, 0.2) is 0 Å². The molecule has 0 aliphatic carbocycles. The molecule has 15 heavy (non-hydrogen) atoms. The van der Waals surface area contributed by atoms with Crippen LogP contribution in [0.3, 0.4) is 0 Å². The van der Waals surface area contributed by atoms with Gasteiger partial charge in [-0.15, -0.1) is 0 Å². The molecular weight excluding hydrogens is 190 g/mol. The number of ether oxygens (including phenoxy) is 1. The number of nitrogen functional groups attached to an aromatic ring is 1. The largest absolute Gasteiger partial charge is 0.399 e. The van der Waals surface area contributed by atoms with Crippen molar-refractivity contribution < 1.29 is 4.74 Å². The molecule has 1 saturated heterocycles. The van der Waals surface area contributed by atoms with Crippen molar-refractivity contribution in [3.8, 4) is 0 Å². The van der Waals surface area contributed by atoms with Gasteiger partial charge in [0.25, 0.3) is 0 Å². The Hall–Kier alpha value is -1.26. The number of nitrogens with one attached hydrogen (secondary N) is 1. The molecule has 1 heterocycles. The van der Waals surface area contributed by atoms with Gasteiger partial charge in [0, 0.05) is 24.5 Å². The summed E-state index contributed by atoms with van der Waals surface area (Å²) in [7, 11) is 0. The maximum Gasteiger partial charge on any atom is 0.0612 e. The van der Waals surface area contributed by atoms with Gasteiger partial charge in [-0.05, 0) is 30.7 Å². The monoisotopic (exact) mass is 207 g/mol. The second kappa shape index (κ2) is 4.51. The van der Waals surface area contributed by atoms with Crippen molar-refractivity contribution in [2.45, 2.75) is 6.92 Å². The number of nitrogens with zero attached hydrogens (tertiary/aromatic N) is 1. The van der Waals surface area contributed by atoms with Gasteiger partial charge in [-0.25, -0.2) is 5.01 Å². The fraction of sp³-hybridized carbons (Fsp3) is 0.455. The molecule has 82 valence electrons. The quantitative estimate of drug-likeness (QED) is 0.716. The summed E-state index contributed by atoms with van der Waals surface area (Å²) in [5.74, 6) is 0. The summed E-state index contributed by atoms with van der Waals surface area (Å²) in [5.41, 5.74) is 12.1. The molecule has 4 nitrogen and oxygen atoms in total. The second-order valence-corrected chi connectivity index (χ2v) is 3.78. The van der Waals surface area contributed by atoms with E-state index in [9.17, 15) is 0 Å². The third-order valence-electron chi connectivity index (χ3n) is 2.57. The maximum absolute atomic E-state index is 5.76. The van der Waals surface area contributed by atoms with Gasteiger partial charge < -0.3 is 15.9 Å². The van der Waals surface area contributed by atoms with Gasteiger partial charge in [-0.3, -0.25) is 0 Å². The van der Waals surface area contributed by atoms with Crippen molar-refractivity contribution in [3.63, 3.8) is 0 Å². The first-order valence-corrected chi connectivity index (χ1v) is 5.21. The lowest BCUT2D eigenvalue weighted by Crippen LogP contribution is -2.40. The molecule has 3 N–H and O–H groups in total. The number of nitrogens with two attached hydrogens (primary N) is 1. The number of aryl methyl sites for hydroxylation is 1. The highest BCUT2D eigenvalue weighted by Crippen LogP contribution is 2.17. The SMILES string of the molecule is Cc1cc(NN2CCOCC2)ccc1N. The first kappa shape index (κ1) is 10.3. The van der Waals surface area contributed by atoms with Crippen molar-refractivity contribution in [1.82, 2.24) is 5.01 Å². The van der Waals surface area contributed by atoms with Crippen molar-refractivity contribution >= 4 is 11.4 Å². The number of rotatable bonds is 2. The van der Waals surface area contributed by atoms with E-state index in [0.717, 1.165) is 43.2 Å². The molecule has 0 amide bonds. The molecule has 4 heteroatoms. The minimum atomic E-state index is 0.793. The predicted octanol–water partition coefficient (Wildman–Crippen LogP) is 1.24. The normalized spacial score (nSPS) is 17.7. The molecule has 0 atom stereocenters. The summed E-state index contributed by atoms with van der Waals surface area (Å²) in [6.45, 7) is 5.44. The Morgan fingerprint density at radius 1 is 1.33 bits per heavy atom. The molecule has 1 aromatic rings. The lowest BCUT2D eigenvalue weighted by atomic mass is 10.2. The molecule has 1 fully saturated rings. The zero-order valence-corrected chi connectivity index (χ0v) is 8.99. The van der Waals surface area contributed by atoms with E-state index in [1.807, 2.05) is 19.1 Å². The van der Waals surface area contributed by atoms with Crippen molar-refractivity contribution in [1.29, 1.82) is 0 Å². The van der Waals surface area contributed by atoms with Crippen LogP contribution in [0, 0.1) is 6.92 Å². The van der Waals surface area contributed by atoms with Crippen LogP contribution in [-0.2, 0) is 4.74 Å². The van der Waals surface area contributed by atoms with Crippen LogP contribution in [0.1, 0.15) is 5.56 Å². The summed E-state index contributed by atoms with van der Waals surface area (Å²) in [4.78, 5) is 0. The second-order valence-electron chi connectivity index (χ2n) is 3.78. The van der Waals surface area contributed by atoms with Gasteiger partial charge in [-0.1, -0.05) is 0 Å². The van der Waals surface area contributed by atoms with Crippen molar-refractivity contribution in [3.05, 3.63) is 23.8 Å². The predicted molar refractivity (Wildman–Crippen MR) is 61.6 cm³/mol. The summed E-state index contributed by atoms with van der Waals surface area (Å²) in [6.07, 6.45) is 0. The van der Waals surface area contributed by atoms with E-state index in [4.69, 9.17) is 10.5 Å². The van der Waals surface area contributed by atoms with E-state index in [2.05, 4.69) is 16.5 Å². The highest BCUT2D eigenvalue weighted by molar-refractivity contribution is 5.56.